The van der Waals surface area contributed by atoms with Gasteiger partial charge < -0.3 is 9.47 Å². The molecular formula is C11H7ClF6O3. The van der Waals surface area contributed by atoms with Crippen molar-refractivity contribution >= 4 is 17.4 Å². The molecule has 0 saturated carbocycles. The van der Waals surface area contributed by atoms with Crippen LogP contribution in [0.3, 0.4) is 0 Å². The van der Waals surface area contributed by atoms with Crippen molar-refractivity contribution in [2.24, 2.45) is 0 Å². The molecule has 0 N–H and O–H groups in total. The number of ketones is 1. The highest BCUT2D eigenvalue weighted by Gasteiger charge is 2.38. The Bertz CT molecular complexity index is 526. The van der Waals surface area contributed by atoms with Crippen LogP contribution in [0.25, 0.3) is 0 Å². The Labute approximate surface area is 119 Å². The predicted octanol–water partition coefficient (Wildman–Crippen LogP) is 4.35. The van der Waals surface area contributed by atoms with Crippen LogP contribution in [0.5, 0.6) is 11.5 Å². The normalized spacial score (nSPS) is 13.7. The van der Waals surface area contributed by atoms with Gasteiger partial charge in [-0.1, -0.05) is 12.1 Å². The minimum atomic E-state index is -5.28. The first-order chi connectivity index (χ1) is 9.41. The van der Waals surface area contributed by atoms with Gasteiger partial charge in [0, 0.05) is 5.56 Å². The molecule has 0 saturated heterocycles. The molecule has 0 radical (unpaired) electrons. The van der Waals surface area contributed by atoms with Crippen molar-refractivity contribution in [3.05, 3.63) is 23.8 Å². The lowest BCUT2D eigenvalue weighted by Gasteiger charge is -2.19. The Kier molecular flexibility index (Phi) is 4.98. The number of ether oxygens (including phenoxy) is 2. The summed E-state index contributed by atoms with van der Waals surface area (Å²) < 4.78 is 80.5. The standard InChI is InChI=1S/C11H7ClF6O3/c1-5(19)8(12)6-3-2-4-7(20-10(13,14)15)9(6)21-11(16,17)18/h2-4,8H,1H3. The molecule has 10 heteroatoms. The third-order valence-corrected chi connectivity index (χ3v) is 2.63. The molecule has 1 aromatic carbocycles. The number of rotatable bonds is 4. The third-order valence-electron chi connectivity index (χ3n) is 2.08. The number of hydrogen-bond acceptors (Lipinski definition) is 3. The summed E-state index contributed by atoms with van der Waals surface area (Å²) in [6, 6.07) is 2.50. The molecule has 0 aliphatic rings. The fourth-order valence-electron chi connectivity index (χ4n) is 1.38. The van der Waals surface area contributed by atoms with Crippen molar-refractivity contribution in [3.8, 4) is 11.5 Å². The molecule has 1 unspecified atom stereocenters. The van der Waals surface area contributed by atoms with Crippen LogP contribution in [0.1, 0.15) is 17.9 Å². The predicted molar refractivity (Wildman–Crippen MR) is 59.1 cm³/mol. The molecule has 1 aromatic rings. The summed E-state index contributed by atoms with van der Waals surface area (Å²) >= 11 is 5.58. The van der Waals surface area contributed by atoms with Gasteiger partial charge in [-0.15, -0.1) is 37.9 Å². The molecule has 1 rings (SSSR count). The van der Waals surface area contributed by atoms with Crippen molar-refractivity contribution in [3.63, 3.8) is 0 Å². The van der Waals surface area contributed by atoms with Crippen LogP contribution >= 0.6 is 11.6 Å². The second-order valence-electron chi connectivity index (χ2n) is 3.74. The largest absolute Gasteiger partial charge is 0.573 e. The molecule has 0 amide bonds. The number of Topliss-reactive ketones (excluding diaryl/α,β-unsaturated/α-hetero) is 1. The van der Waals surface area contributed by atoms with Crippen LogP contribution in [0.4, 0.5) is 26.3 Å². The first kappa shape index (κ1) is 17.4. The lowest BCUT2D eigenvalue weighted by atomic mass is 10.1. The average molecular weight is 337 g/mol. The molecule has 0 heterocycles. The van der Waals surface area contributed by atoms with Gasteiger partial charge in [-0.05, 0) is 13.0 Å². The monoisotopic (exact) mass is 336 g/mol. The van der Waals surface area contributed by atoms with E-state index in [1.165, 1.54) is 0 Å². The maximum Gasteiger partial charge on any atom is 0.573 e. The van der Waals surface area contributed by atoms with Crippen molar-refractivity contribution in [1.29, 1.82) is 0 Å². The van der Waals surface area contributed by atoms with Crippen LogP contribution in [-0.4, -0.2) is 18.5 Å². The van der Waals surface area contributed by atoms with E-state index in [2.05, 4.69) is 9.47 Å². The van der Waals surface area contributed by atoms with Crippen LogP contribution in [-0.2, 0) is 4.79 Å². The van der Waals surface area contributed by atoms with E-state index in [0.717, 1.165) is 19.1 Å². The van der Waals surface area contributed by atoms with Gasteiger partial charge in [0.1, 0.15) is 5.38 Å². The molecule has 0 aliphatic heterocycles. The Morgan fingerprint density at radius 3 is 2.05 bits per heavy atom. The number of halogens is 7. The number of para-hydroxylation sites is 1. The second kappa shape index (κ2) is 6.00. The van der Waals surface area contributed by atoms with Crippen molar-refractivity contribution in [2.45, 2.75) is 25.0 Å². The van der Waals surface area contributed by atoms with E-state index in [9.17, 15) is 31.1 Å². The Hall–Kier alpha value is -1.64. The molecule has 0 aromatic heterocycles. The lowest BCUT2D eigenvalue weighted by molar-refractivity contribution is -0.287. The molecule has 0 aliphatic carbocycles. The molecule has 1 atom stereocenters. The number of carbonyl (C=O) groups is 1. The highest BCUT2D eigenvalue weighted by molar-refractivity contribution is 6.31. The first-order valence-corrected chi connectivity index (χ1v) is 5.63. The van der Waals surface area contributed by atoms with Gasteiger partial charge >= 0.3 is 12.7 Å². The van der Waals surface area contributed by atoms with E-state index in [1.807, 2.05) is 0 Å². The summed E-state index contributed by atoms with van der Waals surface area (Å²) in [5.41, 5.74) is -0.580. The fourth-order valence-corrected chi connectivity index (χ4v) is 1.55. The average Bonchev–Trinajstić information content (AvgIpc) is 2.26. The Morgan fingerprint density at radius 1 is 1.10 bits per heavy atom. The lowest BCUT2D eigenvalue weighted by Crippen LogP contribution is -2.22. The van der Waals surface area contributed by atoms with Crippen LogP contribution in [0.15, 0.2) is 18.2 Å². The summed E-state index contributed by atoms with van der Waals surface area (Å²) in [5.74, 6) is -3.32. The van der Waals surface area contributed by atoms with Gasteiger partial charge in [0.25, 0.3) is 0 Å². The maximum absolute atomic E-state index is 12.3. The van der Waals surface area contributed by atoms with Crippen molar-refractivity contribution in [1.82, 2.24) is 0 Å². The molecule has 118 valence electrons. The molecule has 21 heavy (non-hydrogen) atoms. The molecule has 0 bridgehead atoms. The zero-order valence-corrected chi connectivity index (χ0v) is 10.9. The van der Waals surface area contributed by atoms with Crippen LogP contribution < -0.4 is 9.47 Å². The third kappa shape index (κ3) is 5.33. The second-order valence-corrected chi connectivity index (χ2v) is 4.18. The minimum absolute atomic E-state index is 0.580. The smallest absolute Gasteiger partial charge is 0.402 e. The zero-order chi connectivity index (χ0) is 16.4. The number of alkyl halides is 7. The van der Waals surface area contributed by atoms with Gasteiger partial charge in [-0.2, -0.15) is 0 Å². The molecule has 0 spiro atoms. The number of hydrogen-bond donors (Lipinski definition) is 0. The zero-order valence-electron chi connectivity index (χ0n) is 10.2. The molecular weight excluding hydrogens is 330 g/mol. The van der Waals surface area contributed by atoms with Crippen molar-refractivity contribution in [2.75, 3.05) is 0 Å². The SMILES string of the molecule is CC(=O)C(Cl)c1cccc(OC(F)(F)F)c1OC(F)(F)F. The van der Waals surface area contributed by atoms with E-state index < -0.39 is 40.9 Å². The van der Waals surface area contributed by atoms with E-state index in [0.29, 0.717) is 6.07 Å². The molecule has 3 nitrogen and oxygen atoms in total. The maximum atomic E-state index is 12.3. The highest BCUT2D eigenvalue weighted by atomic mass is 35.5. The fraction of sp³-hybridized carbons (Fsp3) is 0.364. The van der Waals surface area contributed by atoms with Gasteiger partial charge in [0.05, 0.1) is 0 Å². The summed E-state index contributed by atoms with van der Waals surface area (Å²) in [4.78, 5) is 11.1. The van der Waals surface area contributed by atoms with Crippen LogP contribution in [0, 0.1) is 0 Å². The molecule has 0 fully saturated rings. The summed E-state index contributed by atoms with van der Waals surface area (Å²) in [7, 11) is 0. The van der Waals surface area contributed by atoms with E-state index in [1.54, 1.807) is 0 Å². The summed E-state index contributed by atoms with van der Waals surface area (Å²) in [6.45, 7) is 0.965. The van der Waals surface area contributed by atoms with E-state index in [-0.39, 0.29) is 0 Å². The van der Waals surface area contributed by atoms with Gasteiger partial charge in [0.2, 0.25) is 0 Å². The Morgan fingerprint density at radius 2 is 1.62 bits per heavy atom. The topological polar surface area (TPSA) is 35.5 Å². The summed E-state index contributed by atoms with van der Waals surface area (Å²) in [6.07, 6.45) is -10.5. The van der Waals surface area contributed by atoms with E-state index in [4.69, 9.17) is 11.6 Å². The Balaban J connectivity index is 3.37. The quantitative estimate of drug-likeness (QED) is 0.605. The van der Waals surface area contributed by atoms with Gasteiger partial charge in [-0.25, -0.2) is 0 Å². The van der Waals surface area contributed by atoms with Gasteiger partial charge in [-0.3, -0.25) is 4.79 Å². The van der Waals surface area contributed by atoms with Crippen molar-refractivity contribution < 1.29 is 40.6 Å². The van der Waals surface area contributed by atoms with Gasteiger partial charge in [0.15, 0.2) is 17.3 Å². The highest BCUT2D eigenvalue weighted by Crippen LogP contribution is 2.42. The van der Waals surface area contributed by atoms with Crippen LogP contribution in [0.2, 0.25) is 0 Å². The number of benzene rings is 1. The number of carbonyl (C=O) groups excluding carboxylic acids is 1. The van der Waals surface area contributed by atoms with E-state index >= 15 is 0 Å². The minimum Gasteiger partial charge on any atom is -0.402 e. The first-order valence-electron chi connectivity index (χ1n) is 5.19. The summed E-state index contributed by atoms with van der Waals surface area (Å²) in [5, 5.41) is -1.61.